The summed E-state index contributed by atoms with van der Waals surface area (Å²) in [5, 5.41) is 11.7. The first-order valence-electron chi connectivity index (χ1n) is 9.89. The van der Waals surface area contributed by atoms with Crippen molar-refractivity contribution in [3.63, 3.8) is 0 Å². The van der Waals surface area contributed by atoms with E-state index in [1.54, 1.807) is 35.8 Å². The third kappa shape index (κ3) is 7.13. The number of amides is 2. The molecule has 1 atom stereocenters. The molecule has 0 saturated carbocycles. The topological polar surface area (TPSA) is 87.7 Å². The molecule has 0 fully saturated rings. The highest BCUT2D eigenvalue weighted by Gasteiger charge is 2.13. The van der Waals surface area contributed by atoms with E-state index in [1.807, 2.05) is 60.7 Å². The Morgan fingerprint density at radius 3 is 2.19 bits per heavy atom. The average molecular weight is 416 g/mol. The van der Waals surface area contributed by atoms with Crippen LogP contribution >= 0.6 is 0 Å². The second kappa shape index (κ2) is 11.3. The number of hydrogen-bond acceptors (Lipinski definition) is 4. The fraction of sp³-hybridized carbons (Fsp3) is 0.120. The molecule has 31 heavy (non-hydrogen) atoms. The lowest BCUT2D eigenvalue weighted by Crippen LogP contribution is -2.39. The van der Waals surface area contributed by atoms with Crippen LogP contribution in [0.3, 0.4) is 0 Å². The fourth-order valence-corrected chi connectivity index (χ4v) is 3.00. The lowest BCUT2D eigenvalue weighted by atomic mass is 10.1. The standard InChI is InChI=1S/C25H24N2O4/c28-24(16-11-19-7-3-1-4-8-19)26-22(17-20-9-5-2-6-10-20)18-31-23-14-12-21(13-15-23)25(29)27-30/h1-16,22,30H,17-18H2,(H,26,28)(H,27,29)/t22-/m1/s1. The average Bonchev–Trinajstić information content (AvgIpc) is 2.82. The van der Waals surface area contributed by atoms with Crippen LogP contribution in [-0.2, 0) is 11.2 Å². The van der Waals surface area contributed by atoms with Gasteiger partial charge in [0.2, 0.25) is 5.91 Å². The molecule has 3 aromatic carbocycles. The molecule has 0 bridgehead atoms. The summed E-state index contributed by atoms with van der Waals surface area (Å²) in [7, 11) is 0. The van der Waals surface area contributed by atoms with Gasteiger partial charge in [-0.1, -0.05) is 60.7 Å². The maximum Gasteiger partial charge on any atom is 0.274 e. The van der Waals surface area contributed by atoms with Gasteiger partial charge >= 0.3 is 0 Å². The van der Waals surface area contributed by atoms with Crippen LogP contribution in [0.15, 0.2) is 91.0 Å². The predicted octanol–water partition coefficient (Wildman–Crippen LogP) is 3.63. The van der Waals surface area contributed by atoms with E-state index in [0.717, 1.165) is 11.1 Å². The summed E-state index contributed by atoms with van der Waals surface area (Å²) in [5.41, 5.74) is 3.93. The van der Waals surface area contributed by atoms with Crippen LogP contribution in [-0.4, -0.2) is 29.7 Å². The van der Waals surface area contributed by atoms with Gasteiger partial charge in [-0.2, -0.15) is 0 Å². The van der Waals surface area contributed by atoms with E-state index in [-0.39, 0.29) is 18.6 Å². The summed E-state index contributed by atoms with van der Waals surface area (Å²) < 4.78 is 5.84. The molecule has 6 nitrogen and oxygen atoms in total. The van der Waals surface area contributed by atoms with Gasteiger partial charge in [0.1, 0.15) is 12.4 Å². The van der Waals surface area contributed by atoms with E-state index in [4.69, 9.17) is 9.94 Å². The van der Waals surface area contributed by atoms with Crippen molar-refractivity contribution in [3.8, 4) is 5.75 Å². The Morgan fingerprint density at radius 1 is 0.903 bits per heavy atom. The Kier molecular flexibility index (Phi) is 7.97. The van der Waals surface area contributed by atoms with Gasteiger partial charge in [0, 0.05) is 11.6 Å². The molecule has 0 heterocycles. The number of carbonyl (C=O) groups excluding carboxylic acids is 2. The number of hydrogen-bond donors (Lipinski definition) is 3. The summed E-state index contributed by atoms with van der Waals surface area (Å²) in [6, 6.07) is 25.6. The molecule has 0 aliphatic carbocycles. The van der Waals surface area contributed by atoms with E-state index in [2.05, 4.69) is 5.32 Å². The van der Waals surface area contributed by atoms with E-state index >= 15 is 0 Å². The first-order chi connectivity index (χ1) is 15.1. The molecule has 3 aromatic rings. The minimum atomic E-state index is -0.592. The summed E-state index contributed by atoms with van der Waals surface area (Å²) in [6.07, 6.45) is 3.88. The van der Waals surface area contributed by atoms with Gasteiger partial charge in [0.05, 0.1) is 6.04 Å². The SMILES string of the molecule is O=C(C=Cc1ccccc1)N[C@@H](COc1ccc(C(=O)NO)cc1)Cc1ccccc1. The quantitative estimate of drug-likeness (QED) is 0.282. The van der Waals surface area contributed by atoms with E-state index in [9.17, 15) is 9.59 Å². The summed E-state index contributed by atoms with van der Waals surface area (Å²) in [6.45, 7) is 0.255. The van der Waals surface area contributed by atoms with E-state index in [0.29, 0.717) is 17.7 Å². The van der Waals surface area contributed by atoms with Crippen molar-refractivity contribution in [1.82, 2.24) is 10.8 Å². The molecule has 0 radical (unpaired) electrons. The molecule has 6 heteroatoms. The van der Waals surface area contributed by atoms with Crippen LogP contribution in [0.5, 0.6) is 5.75 Å². The number of benzene rings is 3. The molecule has 3 N–H and O–H groups in total. The van der Waals surface area contributed by atoms with Crippen molar-refractivity contribution < 1.29 is 19.5 Å². The van der Waals surface area contributed by atoms with Gasteiger partial charge in [-0.05, 0) is 47.9 Å². The second-order valence-corrected chi connectivity index (χ2v) is 6.92. The largest absolute Gasteiger partial charge is 0.491 e. The van der Waals surface area contributed by atoms with Crippen molar-refractivity contribution in [2.24, 2.45) is 0 Å². The maximum absolute atomic E-state index is 12.5. The third-order valence-corrected chi connectivity index (χ3v) is 4.57. The van der Waals surface area contributed by atoms with Crippen LogP contribution in [0.25, 0.3) is 6.08 Å². The highest BCUT2D eigenvalue weighted by molar-refractivity contribution is 5.93. The molecule has 2 amide bonds. The number of rotatable bonds is 9. The Bertz CT molecular complexity index is 1000. The highest BCUT2D eigenvalue weighted by Crippen LogP contribution is 2.13. The Balaban J connectivity index is 1.63. The van der Waals surface area contributed by atoms with E-state index < -0.39 is 5.91 Å². The number of hydroxylamine groups is 1. The minimum absolute atomic E-state index is 0.205. The molecular formula is C25H24N2O4. The summed E-state index contributed by atoms with van der Waals surface area (Å²) >= 11 is 0. The van der Waals surface area contributed by atoms with Gasteiger partial charge in [-0.25, -0.2) is 5.48 Å². The van der Waals surface area contributed by atoms with Crippen LogP contribution in [0.4, 0.5) is 0 Å². The predicted molar refractivity (Wildman–Crippen MR) is 119 cm³/mol. The van der Waals surface area contributed by atoms with Crippen molar-refractivity contribution in [2.45, 2.75) is 12.5 Å². The molecule has 0 aliphatic rings. The minimum Gasteiger partial charge on any atom is -0.491 e. The fourth-order valence-electron chi connectivity index (χ4n) is 3.00. The molecule has 3 rings (SSSR count). The lowest BCUT2D eigenvalue weighted by Gasteiger charge is -2.19. The van der Waals surface area contributed by atoms with Crippen LogP contribution in [0, 0.1) is 0 Å². The van der Waals surface area contributed by atoms with Gasteiger partial charge in [-0.3, -0.25) is 14.8 Å². The van der Waals surface area contributed by atoms with Crippen LogP contribution < -0.4 is 15.5 Å². The Morgan fingerprint density at radius 2 is 1.55 bits per heavy atom. The Hall–Kier alpha value is -3.90. The molecule has 158 valence electrons. The zero-order valence-corrected chi connectivity index (χ0v) is 16.9. The molecule has 0 saturated heterocycles. The third-order valence-electron chi connectivity index (χ3n) is 4.57. The van der Waals surface area contributed by atoms with E-state index in [1.165, 1.54) is 6.08 Å². The molecule has 0 aliphatic heterocycles. The molecule has 0 aromatic heterocycles. The second-order valence-electron chi connectivity index (χ2n) is 6.92. The number of ether oxygens (including phenoxy) is 1. The van der Waals surface area contributed by atoms with Gasteiger partial charge in [-0.15, -0.1) is 0 Å². The van der Waals surface area contributed by atoms with Crippen molar-refractivity contribution >= 4 is 17.9 Å². The van der Waals surface area contributed by atoms with Crippen LogP contribution in [0.2, 0.25) is 0 Å². The molecule has 0 spiro atoms. The maximum atomic E-state index is 12.5. The van der Waals surface area contributed by atoms with Crippen molar-refractivity contribution in [3.05, 3.63) is 108 Å². The van der Waals surface area contributed by atoms with Crippen LogP contribution in [0.1, 0.15) is 21.5 Å². The Labute approximate surface area is 181 Å². The normalized spacial score (nSPS) is 11.6. The monoisotopic (exact) mass is 416 g/mol. The summed E-state index contributed by atoms with van der Waals surface area (Å²) in [4.78, 5) is 23.9. The molecule has 0 unspecified atom stereocenters. The first-order valence-corrected chi connectivity index (χ1v) is 9.89. The number of nitrogens with one attached hydrogen (secondary N) is 2. The highest BCUT2D eigenvalue weighted by atomic mass is 16.5. The first kappa shape index (κ1) is 21.8. The van der Waals surface area contributed by atoms with Gasteiger partial charge in [0.25, 0.3) is 5.91 Å². The van der Waals surface area contributed by atoms with Crippen molar-refractivity contribution in [1.29, 1.82) is 0 Å². The van der Waals surface area contributed by atoms with Gasteiger partial charge in [0.15, 0.2) is 0 Å². The smallest absolute Gasteiger partial charge is 0.274 e. The van der Waals surface area contributed by atoms with Crippen molar-refractivity contribution in [2.75, 3.05) is 6.61 Å². The lowest BCUT2D eigenvalue weighted by molar-refractivity contribution is -0.117. The summed E-state index contributed by atoms with van der Waals surface area (Å²) in [5.74, 6) is -0.240. The number of carbonyl (C=O) groups is 2. The zero-order valence-electron chi connectivity index (χ0n) is 16.9. The zero-order chi connectivity index (χ0) is 21.9. The molecular weight excluding hydrogens is 392 g/mol. The van der Waals surface area contributed by atoms with Gasteiger partial charge < -0.3 is 10.1 Å².